The molecule has 8 nitrogen and oxygen atoms in total. The first kappa shape index (κ1) is 24.9. The SMILES string of the molecule is NC(=O)CCC(N)=O.O=C([O-])CCCCCCC(=O)O.[Na+]. The number of nitrogens with two attached hydrogens (primary N) is 2. The minimum Gasteiger partial charge on any atom is -0.550 e. The van der Waals surface area contributed by atoms with Crippen molar-refractivity contribution in [1.29, 1.82) is 0 Å². The molecule has 0 saturated carbocycles. The molecule has 0 aliphatic carbocycles. The summed E-state index contributed by atoms with van der Waals surface area (Å²) in [5.74, 6) is -2.82. The van der Waals surface area contributed by atoms with Crippen LogP contribution in [0.25, 0.3) is 0 Å². The van der Waals surface area contributed by atoms with Crippen LogP contribution >= 0.6 is 0 Å². The molecule has 2 amide bonds. The molecule has 0 rings (SSSR count). The van der Waals surface area contributed by atoms with E-state index < -0.39 is 23.8 Å². The molecule has 9 heteroatoms. The Bertz CT molecular complexity index is 304. The van der Waals surface area contributed by atoms with E-state index in [9.17, 15) is 24.3 Å². The number of hydrogen-bond acceptors (Lipinski definition) is 5. The van der Waals surface area contributed by atoms with Crippen LogP contribution in [0.4, 0.5) is 0 Å². The zero-order valence-corrected chi connectivity index (χ0v) is 14.3. The summed E-state index contributed by atoms with van der Waals surface area (Å²) in [6.45, 7) is 0. The number of aliphatic carboxylic acids is 2. The van der Waals surface area contributed by atoms with Crippen molar-refractivity contribution in [2.45, 2.75) is 51.4 Å². The number of carbonyl (C=O) groups excluding carboxylic acids is 3. The molecule has 0 bridgehead atoms. The molecule has 0 spiro atoms. The van der Waals surface area contributed by atoms with Gasteiger partial charge in [-0.1, -0.05) is 12.8 Å². The van der Waals surface area contributed by atoms with Gasteiger partial charge < -0.3 is 26.5 Å². The van der Waals surface area contributed by atoms with Gasteiger partial charge in [-0.05, 0) is 19.3 Å². The normalized spacial score (nSPS) is 8.76. The predicted molar refractivity (Wildman–Crippen MR) is 68.0 cm³/mol. The fourth-order valence-electron chi connectivity index (χ4n) is 1.15. The topological polar surface area (TPSA) is 164 Å². The van der Waals surface area contributed by atoms with E-state index in [1.807, 2.05) is 0 Å². The first-order valence-corrected chi connectivity index (χ1v) is 6.24. The molecule has 0 fully saturated rings. The van der Waals surface area contributed by atoms with Crippen LogP contribution in [0.2, 0.25) is 0 Å². The van der Waals surface area contributed by atoms with Gasteiger partial charge in [-0.3, -0.25) is 14.4 Å². The van der Waals surface area contributed by atoms with Gasteiger partial charge in [-0.2, -0.15) is 0 Å². The van der Waals surface area contributed by atoms with Gasteiger partial charge in [0.1, 0.15) is 0 Å². The molecule has 0 aromatic carbocycles. The number of amides is 2. The van der Waals surface area contributed by atoms with E-state index in [-0.39, 0.29) is 55.2 Å². The Kier molecular flexibility index (Phi) is 20.1. The molecule has 0 aromatic heterocycles. The Morgan fingerprint density at radius 3 is 1.43 bits per heavy atom. The third-order valence-corrected chi connectivity index (χ3v) is 2.14. The number of carboxylic acids is 2. The molecule has 0 heterocycles. The van der Waals surface area contributed by atoms with Crippen molar-refractivity contribution < 1.29 is 58.9 Å². The molecule has 5 N–H and O–H groups in total. The summed E-state index contributed by atoms with van der Waals surface area (Å²) >= 11 is 0. The van der Waals surface area contributed by atoms with Crippen molar-refractivity contribution in [2.24, 2.45) is 11.5 Å². The van der Waals surface area contributed by atoms with Gasteiger partial charge in [0.15, 0.2) is 0 Å². The number of carboxylic acid groups (broad SMARTS) is 2. The average Bonchev–Trinajstić information content (AvgIpc) is 2.31. The van der Waals surface area contributed by atoms with Gasteiger partial charge in [0.2, 0.25) is 11.8 Å². The van der Waals surface area contributed by atoms with Crippen LogP contribution in [-0.2, 0) is 19.2 Å². The third-order valence-electron chi connectivity index (χ3n) is 2.14. The fraction of sp³-hybridized carbons (Fsp3) is 0.667. The van der Waals surface area contributed by atoms with E-state index in [2.05, 4.69) is 0 Å². The van der Waals surface area contributed by atoms with Gasteiger partial charge in [0, 0.05) is 25.2 Å². The van der Waals surface area contributed by atoms with Crippen molar-refractivity contribution in [3.05, 3.63) is 0 Å². The van der Waals surface area contributed by atoms with E-state index in [0.717, 1.165) is 12.8 Å². The summed E-state index contributed by atoms with van der Waals surface area (Å²) in [4.78, 5) is 39.8. The van der Waals surface area contributed by atoms with Gasteiger partial charge in [-0.15, -0.1) is 0 Å². The van der Waals surface area contributed by atoms with Crippen LogP contribution in [0.1, 0.15) is 51.4 Å². The summed E-state index contributed by atoms with van der Waals surface area (Å²) in [6.07, 6.45) is 3.11. The van der Waals surface area contributed by atoms with Crippen molar-refractivity contribution >= 4 is 23.8 Å². The first-order chi connectivity index (χ1) is 9.25. The summed E-state index contributed by atoms with van der Waals surface area (Å²) in [5, 5.41) is 18.2. The maximum absolute atomic E-state index is 10.0. The minimum absolute atomic E-state index is 0. The Hall–Kier alpha value is -1.12. The van der Waals surface area contributed by atoms with Gasteiger partial charge in [0.05, 0.1) is 0 Å². The van der Waals surface area contributed by atoms with E-state index >= 15 is 0 Å². The molecular weight excluding hydrogens is 291 g/mol. The smallest absolute Gasteiger partial charge is 0.550 e. The van der Waals surface area contributed by atoms with Crippen molar-refractivity contribution in [3.63, 3.8) is 0 Å². The fourth-order valence-corrected chi connectivity index (χ4v) is 1.15. The second-order valence-corrected chi connectivity index (χ2v) is 4.11. The van der Waals surface area contributed by atoms with Crippen LogP contribution in [0.15, 0.2) is 0 Å². The quantitative estimate of drug-likeness (QED) is 0.274. The van der Waals surface area contributed by atoms with Crippen molar-refractivity contribution in [2.75, 3.05) is 0 Å². The zero-order chi connectivity index (χ0) is 16.0. The van der Waals surface area contributed by atoms with Gasteiger partial charge in [-0.25, -0.2) is 0 Å². The summed E-state index contributed by atoms with van der Waals surface area (Å²) < 4.78 is 0. The predicted octanol–water partition coefficient (Wildman–Crippen LogP) is -4.10. The van der Waals surface area contributed by atoms with Crippen molar-refractivity contribution in [3.8, 4) is 0 Å². The molecule has 21 heavy (non-hydrogen) atoms. The molecule has 0 aliphatic heterocycles. The Morgan fingerprint density at radius 2 is 1.14 bits per heavy atom. The number of unbranched alkanes of at least 4 members (excludes halogenated alkanes) is 3. The summed E-state index contributed by atoms with van der Waals surface area (Å²) in [5.41, 5.74) is 9.39. The maximum Gasteiger partial charge on any atom is 1.00 e. The molecule has 0 atom stereocenters. The monoisotopic (exact) mass is 312 g/mol. The molecule has 0 unspecified atom stereocenters. The average molecular weight is 312 g/mol. The summed E-state index contributed by atoms with van der Waals surface area (Å²) in [6, 6.07) is 0. The Balaban J connectivity index is -0.000000317. The first-order valence-electron chi connectivity index (χ1n) is 6.24. The molecule has 0 aromatic rings. The molecular formula is C12H21N2NaO6. The second kappa shape index (κ2) is 16.9. The Morgan fingerprint density at radius 1 is 0.762 bits per heavy atom. The molecule has 0 aliphatic rings. The van der Waals surface area contributed by atoms with E-state index in [0.29, 0.717) is 12.8 Å². The van der Waals surface area contributed by atoms with Crippen LogP contribution in [0.3, 0.4) is 0 Å². The maximum atomic E-state index is 10.0. The van der Waals surface area contributed by atoms with E-state index in [1.54, 1.807) is 0 Å². The van der Waals surface area contributed by atoms with E-state index in [4.69, 9.17) is 16.6 Å². The van der Waals surface area contributed by atoms with Gasteiger partial charge >= 0.3 is 35.5 Å². The largest absolute Gasteiger partial charge is 1.00 e. The molecule has 116 valence electrons. The number of hydrogen-bond donors (Lipinski definition) is 3. The van der Waals surface area contributed by atoms with Crippen LogP contribution in [0.5, 0.6) is 0 Å². The third kappa shape index (κ3) is 32.4. The van der Waals surface area contributed by atoms with Crippen LogP contribution < -0.4 is 46.1 Å². The van der Waals surface area contributed by atoms with Gasteiger partial charge in [0.25, 0.3) is 0 Å². The van der Waals surface area contributed by atoms with Crippen LogP contribution in [0, 0.1) is 0 Å². The number of rotatable bonds is 10. The number of primary amides is 2. The molecule has 0 radical (unpaired) electrons. The van der Waals surface area contributed by atoms with Crippen LogP contribution in [-0.4, -0.2) is 28.9 Å². The second-order valence-electron chi connectivity index (χ2n) is 4.11. The molecule has 0 saturated heterocycles. The minimum atomic E-state index is -1.03. The van der Waals surface area contributed by atoms with Crippen molar-refractivity contribution in [1.82, 2.24) is 0 Å². The van der Waals surface area contributed by atoms with E-state index in [1.165, 1.54) is 0 Å². The number of carbonyl (C=O) groups is 4. The Labute approximate surface area is 145 Å². The standard InChI is InChI=1S/C8H14O4.C4H8N2O2.Na/c9-7(10)5-3-1-2-4-6-8(11)12;5-3(7)1-2-4(6)8;/h1-6H2,(H,9,10)(H,11,12);1-2H2,(H2,5,7)(H2,6,8);/q;;+1/p-1. The summed E-state index contributed by atoms with van der Waals surface area (Å²) in [7, 11) is 0. The zero-order valence-electron chi connectivity index (χ0n) is 12.3.